The van der Waals surface area contributed by atoms with E-state index >= 15 is 0 Å². The van der Waals surface area contributed by atoms with Gasteiger partial charge in [0.25, 0.3) is 11.6 Å². The van der Waals surface area contributed by atoms with E-state index in [-0.39, 0.29) is 28.8 Å². The Balaban J connectivity index is 3.16. The fraction of sp³-hybridized carbons (Fsp3) is 0.556. The average molecular weight is 350 g/mol. The number of carbonyl (C=O) groups excluding carboxylic acids is 2. The first-order chi connectivity index (χ1) is 11.3. The largest absolute Gasteiger partial charge is 0.462 e. The molecule has 0 radical (unpaired) electrons. The minimum Gasteiger partial charge on any atom is -0.462 e. The lowest BCUT2D eigenvalue weighted by atomic mass is 9.81. The van der Waals surface area contributed by atoms with Crippen molar-refractivity contribution < 1.29 is 19.2 Å². The Kier molecular flexibility index (Phi) is 6.29. The van der Waals surface area contributed by atoms with E-state index in [1.54, 1.807) is 6.92 Å². The summed E-state index contributed by atoms with van der Waals surface area (Å²) in [6.45, 7) is 11.7. The van der Waals surface area contributed by atoms with Crippen molar-refractivity contribution in [2.24, 2.45) is 5.41 Å². The molecule has 0 spiro atoms. The molecule has 0 unspecified atom stereocenters. The molecule has 1 N–H and O–H groups in total. The van der Waals surface area contributed by atoms with Crippen LogP contribution >= 0.6 is 0 Å². The van der Waals surface area contributed by atoms with E-state index in [0.717, 1.165) is 12.1 Å². The van der Waals surface area contributed by atoms with Crippen LogP contribution in [0.25, 0.3) is 0 Å². The Morgan fingerprint density at radius 2 is 1.68 bits per heavy atom. The number of carbonyl (C=O) groups is 2. The molecule has 0 aliphatic heterocycles. The van der Waals surface area contributed by atoms with Gasteiger partial charge in [0.2, 0.25) is 0 Å². The highest BCUT2D eigenvalue weighted by molar-refractivity contribution is 5.99. The molecular weight excluding hydrogens is 324 g/mol. The van der Waals surface area contributed by atoms with Gasteiger partial charge in [-0.05, 0) is 38.7 Å². The van der Waals surface area contributed by atoms with Crippen molar-refractivity contribution in [2.45, 2.75) is 53.5 Å². The van der Waals surface area contributed by atoms with Gasteiger partial charge in [0.15, 0.2) is 0 Å². The van der Waals surface area contributed by atoms with Crippen molar-refractivity contribution in [3.63, 3.8) is 0 Å². The van der Waals surface area contributed by atoms with Crippen molar-refractivity contribution in [3.8, 4) is 0 Å². The van der Waals surface area contributed by atoms with E-state index in [4.69, 9.17) is 4.74 Å². The molecule has 138 valence electrons. The maximum atomic E-state index is 12.6. The maximum absolute atomic E-state index is 12.6. The number of hydrogen-bond donors (Lipinski definition) is 1. The number of nitro groups is 1. The van der Waals surface area contributed by atoms with Crippen LogP contribution in [0.3, 0.4) is 0 Å². The van der Waals surface area contributed by atoms with Gasteiger partial charge in [-0.2, -0.15) is 0 Å². The molecule has 0 heterocycles. The second-order valence-corrected chi connectivity index (χ2v) is 7.82. The molecule has 7 heteroatoms. The molecule has 0 bridgehead atoms. The summed E-state index contributed by atoms with van der Waals surface area (Å²) >= 11 is 0. The number of ether oxygens (including phenoxy) is 1. The van der Waals surface area contributed by atoms with Gasteiger partial charge < -0.3 is 10.1 Å². The molecule has 25 heavy (non-hydrogen) atoms. The first-order valence-corrected chi connectivity index (χ1v) is 8.14. The Bertz CT molecular complexity index is 675. The molecule has 0 atom stereocenters. The van der Waals surface area contributed by atoms with Crippen LogP contribution in [0.15, 0.2) is 18.2 Å². The third-order valence-electron chi connectivity index (χ3n) is 3.33. The lowest BCUT2D eigenvalue weighted by Gasteiger charge is -2.33. The summed E-state index contributed by atoms with van der Waals surface area (Å²) in [5, 5.41) is 14.0. The Morgan fingerprint density at radius 1 is 1.12 bits per heavy atom. The Labute approximate surface area is 147 Å². The van der Waals surface area contributed by atoms with Crippen molar-refractivity contribution in [2.75, 3.05) is 6.61 Å². The first-order valence-electron chi connectivity index (χ1n) is 8.14. The van der Waals surface area contributed by atoms with Crippen molar-refractivity contribution >= 4 is 17.6 Å². The second kappa shape index (κ2) is 7.63. The van der Waals surface area contributed by atoms with E-state index in [2.05, 4.69) is 26.1 Å². The average Bonchev–Trinajstić information content (AvgIpc) is 2.43. The number of amides is 1. The number of hydrogen-bond acceptors (Lipinski definition) is 5. The summed E-state index contributed by atoms with van der Waals surface area (Å²) in [6, 6.07) is 3.58. The van der Waals surface area contributed by atoms with Crippen LogP contribution in [0.4, 0.5) is 5.69 Å². The van der Waals surface area contributed by atoms with Gasteiger partial charge in [0.05, 0.1) is 17.1 Å². The minimum atomic E-state index is -0.700. The van der Waals surface area contributed by atoms with Gasteiger partial charge in [-0.25, -0.2) is 4.79 Å². The van der Waals surface area contributed by atoms with Gasteiger partial charge >= 0.3 is 5.97 Å². The van der Waals surface area contributed by atoms with Gasteiger partial charge in [-0.15, -0.1) is 0 Å². The molecule has 1 rings (SSSR count). The van der Waals surface area contributed by atoms with Crippen LogP contribution in [0.1, 0.15) is 68.7 Å². The molecule has 1 amide bonds. The predicted molar refractivity (Wildman–Crippen MR) is 94.7 cm³/mol. The first kappa shape index (κ1) is 20.6. The topological polar surface area (TPSA) is 98.5 Å². The molecule has 0 fully saturated rings. The Hall–Kier alpha value is -2.44. The highest BCUT2D eigenvalue weighted by atomic mass is 16.6. The summed E-state index contributed by atoms with van der Waals surface area (Å²) in [4.78, 5) is 34.9. The number of esters is 1. The highest BCUT2D eigenvalue weighted by Crippen LogP contribution is 2.27. The van der Waals surface area contributed by atoms with Crippen LogP contribution in [-0.4, -0.2) is 28.9 Å². The summed E-state index contributed by atoms with van der Waals surface area (Å²) in [7, 11) is 0. The lowest BCUT2D eigenvalue weighted by Crippen LogP contribution is -2.45. The smallest absolute Gasteiger partial charge is 0.338 e. The number of benzene rings is 1. The quantitative estimate of drug-likeness (QED) is 0.479. The van der Waals surface area contributed by atoms with Gasteiger partial charge in [0, 0.05) is 23.2 Å². The third-order valence-corrected chi connectivity index (χ3v) is 3.33. The third kappa shape index (κ3) is 6.52. The molecule has 1 aromatic carbocycles. The lowest BCUT2D eigenvalue weighted by molar-refractivity contribution is -0.384. The SMILES string of the molecule is CCOC(=O)c1cc(C(=O)NC(C)(C)CC(C)(C)C)cc([N+](=O)[O-])c1. The van der Waals surface area contributed by atoms with E-state index in [1.807, 2.05) is 13.8 Å². The predicted octanol–water partition coefficient (Wildman–Crippen LogP) is 3.72. The Morgan fingerprint density at radius 3 is 2.16 bits per heavy atom. The molecule has 0 saturated carbocycles. The zero-order valence-electron chi connectivity index (χ0n) is 15.6. The number of nitrogens with one attached hydrogen (secondary N) is 1. The van der Waals surface area contributed by atoms with Crippen molar-refractivity contribution in [1.29, 1.82) is 0 Å². The zero-order chi connectivity index (χ0) is 19.4. The second-order valence-electron chi connectivity index (χ2n) is 7.82. The molecule has 0 aliphatic rings. The van der Waals surface area contributed by atoms with Crippen LogP contribution in [0, 0.1) is 15.5 Å². The van der Waals surface area contributed by atoms with Crippen LogP contribution in [-0.2, 0) is 4.74 Å². The zero-order valence-corrected chi connectivity index (χ0v) is 15.6. The number of nitrogens with zero attached hydrogens (tertiary/aromatic N) is 1. The minimum absolute atomic E-state index is 0.00441. The van der Waals surface area contributed by atoms with Crippen LogP contribution < -0.4 is 5.32 Å². The summed E-state index contributed by atoms with van der Waals surface area (Å²) in [6.07, 6.45) is 0.714. The van der Waals surface area contributed by atoms with E-state index < -0.39 is 22.3 Å². The summed E-state index contributed by atoms with van der Waals surface area (Å²) in [5.41, 5.74) is -0.807. The molecule has 0 saturated heterocycles. The highest BCUT2D eigenvalue weighted by Gasteiger charge is 2.28. The number of nitro benzene ring substituents is 1. The standard InChI is InChI=1S/C18H26N2O5/c1-7-25-16(22)13-8-12(9-14(10-13)20(23)24)15(21)19-18(5,6)11-17(2,3)4/h8-10H,7,11H2,1-6H3,(H,19,21). The summed E-state index contributed by atoms with van der Waals surface area (Å²) < 4.78 is 4.87. The van der Waals surface area contributed by atoms with E-state index in [1.165, 1.54) is 6.07 Å². The number of non-ortho nitro benzene ring substituents is 1. The van der Waals surface area contributed by atoms with Crippen molar-refractivity contribution in [1.82, 2.24) is 5.32 Å². The normalized spacial score (nSPS) is 11.8. The fourth-order valence-electron chi connectivity index (χ4n) is 2.93. The van der Waals surface area contributed by atoms with E-state index in [0.29, 0.717) is 6.42 Å². The van der Waals surface area contributed by atoms with Crippen LogP contribution in [0.2, 0.25) is 0 Å². The van der Waals surface area contributed by atoms with Gasteiger partial charge in [-0.3, -0.25) is 14.9 Å². The maximum Gasteiger partial charge on any atom is 0.338 e. The van der Waals surface area contributed by atoms with Crippen molar-refractivity contribution in [3.05, 3.63) is 39.4 Å². The molecular formula is C18H26N2O5. The van der Waals surface area contributed by atoms with Crippen LogP contribution in [0.5, 0.6) is 0 Å². The molecule has 7 nitrogen and oxygen atoms in total. The monoisotopic (exact) mass is 350 g/mol. The van der Waals surface area contributed by atoms with Gasteiger partial charge in [0.1, 0.15) is 0 Å². The fourth-order valence-corrected chi connectivity index (χ4v) is 2.93. The van der Waals surface area contributed by atoms with Gasteiger partial charge in [-0.1, -0.05) is 20.8 Å². The molecule has 0 aliphatic carbocycles. The molecule has 1 aromatic rings. The van der Waals surface area contributed by atoms with E-state index in [9.17, 15) is 19.7 Å². The summed E-state index contributed by atoms with van der Waals surface area (Å²) in [5.74, 6) is -1.17. The number of rotatable bonds is 6. The molecule has 0 aromatic heterocycles.